The minimum Gasteiger partial charge on any atom is -0.356 e. The molecule has 2 saturated heterocycles. The molecule has 2 aliphatic heterocycles. The molecule has 0 radical (unpaired) electrons. The highest BCUT2D eigenvalue weighted by atomic mass is 32.2. The number of amides is 1. The van der Waals surface area contributed by atoms with Crippen LogP contribution in [0.25, 0.3) is 0 Å². The van der Waals surface area contributed by atoms with Crippen molar-refractivity contribution in [3.63, 3.8) is 0 Å². The van der Waals surface area contributed by atoms with Crippen molar-refractivity contribution in [3.05, 3.63) is 35.4 Å². The Morgan fingerprint density at radius 3 is 2.61 bits per heavy atom. The van der Waals surface area contributed by atoms with E-state index in [1.54, 1.807) is 4.31 Å². The topological polar surface area (TPSA) is 69.7 Å². The lowest BCUT2D eigenvalue weighted by Gasteiger charge is -2.35. The molecule has 1 atom stereocenters. The molecule has 1 aromatic carbocycles. The summed E-state index contributed by atoms with van der Waals surface area (Å²) in [6.45, 7) is 8.03. The molecule has 2 heterocycles. The van der Waals surface area contributed by atoms with Gasteiger partial charge in [-0.15, -0.1) is 0 Å². The second-order valence-electron chi connectivity index (χ2n) is 9.16. The number of nitrogens with zero attached hydrogens (tertiary/aromatic N) is 2. The molecular weight excluding hydrogens is 410 g/mol. The molecule has 3 rings (SSSR count). The minimum absolute atomic E-state index is 0.0286. The lowest BCUT2D eigenvalue weighted by atomic mass is 9.97. The van der Waals surface area contributed by atoms with Gasteiger partial charge in [-0.25, -0.2) is 12.7 Å². The summed E-state index contributed by atoms with van der Waals surface area (Å²) < 4.78 is 27.1. The third-order valence-electron chi connectivity index (χ3n) is 6.79. The number of nitrogens with one attached hydrogen (secondary N) is 1. The van der Waals surface area contributed by atoms with Crippen LogP contribution in [0, 0.1) is 12.8 Å². The van der Waals surface area contributed by atoms with Crippen molar-refractivity contribution >= 4 is 15.9 Å². The first kappa shape index (κ1) is 24.2. The fraction of sp³-hybridized carbons (Fsp3) is 0.708. The van der Waals surface area contributed by atoms with Crippen molar-refractivity contribution in [2.75, 3.05) is 32.7 Å². The maximum Gasteiger partial charge on any atom is 0.223 e. The highest BCUT2D eigenvalue weighted by Crippen LogP contribution is 2.22. The third-order valence-corrected chi connectivity index (χ3v) is 8.64. The van der Waals surface area contributed by atoms with E-state index in [1.807, 2.05) is 31.2 Å². The molecule has 1 N–H and O–H groups in total. The van der Waals surface area contributed by atoms with Crippen LogP contribution < -0.4 is 5.32 Å². The number of piperidine rings is 2. The summed E-state index contributed by atoms with van der Waals surface area (Å²) in [4.78, 5) is 15.1. The Bertz CT molecular complexity index is 819. The normalized spacial score (nSPS) is 21.8. The van der Waals surface area contributed by atoms with Crippen molar-refractivity contribution in [2.45, 2.75) is 70.6 Å². The molecule has 0 bridgehead atoms. The van der Waals surface area contributed by atoms with E-state index in [-0.39, 0.29) is 17.6 Å². The molecule has 31 heavy (non-hydrogen) atoms. The van der Waals surface area contributed by atoms with Gasteiger partial charge in [-0.05, 0) is 57.6 Å². The van der Waals surface area contributed by atoms with Gasteiger partial charge in [-0.1, -0.05) is 43.2 Å². The van der Waals surface area contributed by atoms with Crippen LogP contribution in [-0.2, 0) is 20.6 Å². The van der Waals surface area contributed by atoms with E-state index in [2.05, 4.69) is 17.1 Å². The Kier molecular flexibility index (Phi) is 8.93. The number of sulfonamides is 1. The van der Waals surface area contributed by atoms with Gasteiger partial charge in [0.1, 0.15) is 0 Å². The molecule has 0 aliphatic carbocycles. The zero-order valence-corrected chi connectivity index (χ0v) is 20.0. The Labute approximate surface area is 188 Å². The first-order valence-corrected chi connectivity index (χ1v) is 13.5. The van der Waals surface area contributed by atoms with Gasteiger partial charge in [0.25, 0.3) is 0 Å². The van der Waals surface area contributed by atoms with Gasteiger partial charge in [0.05, 0.1) is 5.75 Å². The van der Waals surface area contributed by atoms with Crippen LogP contribution in [0.1, 0.15) is 63.0 Å². The summed E-state index contributed by atoms with van der Waals surface area (Å²) in [5, 5.41) is 3.09. The Hall–Kier alpha value is -1.44. The van der Waals surface area contributed by atoms with Crippen molar-refractivity contribution in [3.8, 4) is 0 Å². The first-order chi connectivity index (χ1) is 14.9. The predicted molar refractivity (Wildman–Crippen MR) is 125 cm³/mol. The smallest absolute Gasteiger partial charge is 0.223 e. The van der Waals surface area contributed by atoms with E-state index >= 15 is 0 Å². The van der Waals surface area contributed by atoms with Crippen LogP contribution in [0.15, 0.2) is 24.3 Å². The molecule has 0 aromatic heterocycles. The predicted octanol–water partition coefficient (Wildman–Crippen LogP) is 3.31. The van der Waals surface area contributed by atoms with Crippen molar-refractivity contribution in [2.24, 2.45) is 5.92 Å². The number of carbonyl (C=O) groups excluding carboxylic acids is 1. The molecule has 7 heteroatoms. The van der Waals surface area contributed by atoms with Gasteiger partial charge >= 0.3 is 0 Å². The van der Waals surface area contributed by atoms with Crippen LogP contribution in [-0.4, -0.2) is 62.3 Å². The quantitative estimate of drug-likeness (QED) is 0.587. The number of aryl methyl sites for hydroxylation is 1. The van der Waals surface area contributed by atoms with Gasteiger partial charge in [-0.3, -0.25) is 4.79 Å². The summed E-state index contributed by atoms with van der Waals surface area (Å²) in [7, 11) is -3.35. The fourth-order valence-electron chi connectivity index (χ4n) is 4.95. The average molecular weight is 450 g/mol. The second kappa shape index (κ2) is 11.4. The minimum atomic E-state index is -3.35. The standard InChI is InChI=1S/C24H39N3O3S/c1-3-23-10-4-5-14-26(23)15-7-13-25-24(28)22-11-16-27(17-12-22)31(29,30)19-21-9-6-8-20(2)18-21/h6,8-9,18,22-23H,3-5,7,10-17,19H2,1-2H3,(H,25,28)/t23-/m1/s1. The molecule has 2 aliphatic rings. The van der Waals surface area contributed by atoms with Crippen LogP contribution in [0.3, 0.4) is 0 Å². The summed E-state index contributed by atoms with van der Waals surface area (Å²) >= 11 is 0. The Balaban J connectivity index is 1.38. The highest BCUT2D eigenvalue weighted by Gasteiger charge is 2.31. The van der Waals surface area contributed by atoms with Crippen LogP contribution in [0.2, 0.25) is 0 Å². The van der Waals surface area contributed by atoms with Crippen molar-refractivity contribution in [1.82, 2.24) is 14.5 Å². The van der Waals surface area contributed by atoms with Crippen LogP contribution in [0.4, 0.5) is 0 Å². The van der Waals surface area contributed by atoms with Gasteiger partial charge in [0, 0.05) is 38.1 Å². The average Bonchev–Trinajstić information content (AvgIpc) is 2.76. The summed E-state index contributed by atoms with van der Waals surface area (Å²) in [6, 6.07) is 8.34. The number of carbonyl (C=O) groups is 1. The summed E-state index contributed by atoms with van der Waals surface area (Å²) in [5.74, 6) is 0.0334. The molecule has 0 saturated carbocycles. The number of hydrogen-bond acceptors (Lipinski definition) is 4. The van der Waals surface area contributed by atoms with Crippen molar-refractivity contribution in [1.29, 1.82) is 0 Å². The Morgan fingerprint density at radius 2 is 1.90 bits per heavy atom. The van der Waals surface area contributed by atoms with E-state index in [0.717, 1.165) is 24.1 Å². The van der Waals surface area contributed by atoms with E-state index in [4.69, 9.17) is 0 Å². The molecule has 0 spiro atoms. The monoisotopic (exact) mass is 449 g/mol. The second-order valence-corrected chi connectivity index (χ2v) is 11.1. The zero-order chi connectivity index (χ0) is 22.3. The molecule has 0 unspecified atom stereocenters. The van der Waals surface area contributed by atoms with Gasteiger partial charge in [0.2, 0.25) is 15.9 Å². The van der Waals surface area contributed by atoms with Gasteiger partial charge in [-0.2, -0.15) is 0 Å². The molecule has 1 aromatic rings. The number of hydrogen-bond donors (Lipinski definition) is 1. The Morgan fingerprint density at radius 1 is 1.13 bits per heavy atom. The van der Waals surface area contributed by atoms with Crippen molar-refractivity contribution < 1.29 is 13.2 Å². The maximum atomic E-state index is 12.8. The lowest BCUT2D eigenvalue weighted by molar-refractivity contribution is -0.126. The first-order valence-electron chi connectivity index (χ1n) is 11.9. The molecule has 2 fully saturated rings. The molecule has 174 valence electrons. The van der Waals surface area contributed by atoms with Crippen LogP contribution >= 0.6 is 0 Å². The molecule has 6 nitrogen and oxygen atoms in total. The number of benzene rings is 1. The van der Waals surface area contributed by atoms with E-state index in [1.165, 1.54) is 32.2 Å². The fourth-order valence-corrected chi connectivity index (χ4v) is 6.51. The number of rotatable bonds is 9. The van der Waals surface area contributed by atoms with E-state index in [0.29, 0.717) is 38.5 Å². The van der Waals surface area contributed by atoms with E-state index in [9.17, 15) is 13.2 Å². The highest BCUT2D eigenvalue weighted by molar-refractivity contribution is 7.88. The maximum absolute atomic E-state index is 12.8. The van der Waals surface area contributed by atoms with Gasteiger partial charge < -0.3 is 10.2 Å². The number of likely N-dealkylation sites (tertiary alicyclic amines) is 1. The largest absolute Gasteiger partial charge is 0.356 e. The van der Waals surface area contributed by atoms with Gasteiger partial charge in [0.15, 0.2) is 0 Å². The molecule has 1 amide bonds. The zero-order valence-electron chi connectivity index (χ0n) is 19.2. The lowest BCUT2D eigenvalue weighted by Crippen LogP contribution is -2.44. The third kappa shape index (κ3) is 7.02. The summed E-state index contributed by atoms with van der Waals surface area (Å²) in [6.07, 6.45) is 7.31. The van der Waals surface area contributed by atoms with E-state index < -0.39 is 10.0 Å². The van der Waals surface area contributed by atoms with Crippen LogP contribution in [0.5, 0.6) is 0 Å². The molecular formula is C24H39N3O3S. The summed E-state index contributed by atoms with van der Waals surface area (Å²) in [5.41, 5.74) is 1.88. The SMILES string of the molecule is CC[C@@H]1CCCCN1CCCNC(=O)C1CCN(S(=O)(=O)Cc2cccc(C)c2)CC1.